The molecule has 53 heavy (non-hydrogen) atoms. The van der Waals surface area contributed by atoms with Gasteiger partial charge in [0.15, 0.2) is 5.66 Å². The Bertz CT molecular complexity index is 2250. The number of nitrogens with zero attached hydrogens (tertiary/aromatic N) is 2. The van der Waals surface area contributed by atoms with Crippen LogP contribution in [0.2, 0.25) is 0 Å². The molecule has 0 aromatic heterocycles. The van der Waals surface area contributed by atoms with Crippen LogP contribution in [0.3, 0.4) is 0 Å². The molecule has 0 saturated heterocycles. The van der Waals surface area contributed by atoms with E-state index in [-0.39, 0.29) is 10.8 Å². The molecule has 1 fully saturated rings. The molecule has 4 aliphatic rings. The van der Waals surface area contributed by atoms with Gasteiger partial charge in [-0.1, -0.05) is 159 Å². The fourth-order valence-electron chi connectivity index (χ4n) is 9.86. The third-order valence-corrected chi connectivity index (χ3v) is 12.8. The number of rotatable bonds is 6. The molecule has 3 aliphatic carbocycles. The van der Waals surface area contributed by atoms with Crippen molar-refractivity contribution in [2.45, 2.75) is 56.0 Å². The number of anilines is 4. The summed E-state index contributed by atoms with van der Waals surface area (Å²) in [7, 11) is 0. The Kier molecular flexibility index (Phi) is 7.27. The highest BCUT2D eigenvalue weighted by molar-refractivity contribution is 5.95. The summed E-state index contributed by atoms with van der Waals surface area (Å²) in [5.74, 6) is 0. The maximum Gasteiger partial charge on any atom is 0.175 e. The molecule has 258 valence electrons. The minimum absolute atomic E-state index is 0.169. The van der Waals surface area contributed by atoms with Crippen molar-refractivity contribution >= 4 is 22.7 Å². The second-order valence-corrected chi connectivity index (χ2v) is 15.9. The topological polar surface area (TPSA) is 6.48 Å². The van der Waals surface area contributed by atoms with Crippen molar-refractivity contribution in [3.05, 3.63) is 204 Å². The maximum atomic E-state index is 2.67. The van der Waals surface area contributed by atoms with Gasteiger partial charge < -0.3 is 9.80 Å². The van der Waals surface area contributed by atoms with Gasteiger partial charge in [0.2, 0.25) is 0 Å². The second-order valence-electron chi connectivity index (χ2n) is 15.9. The Morgan fingerprint density at radius 1 is 0.358 bits per heavy atom. The number of hydrogen-bond donors (Lipinski definition) is 0. The maximum absolute atomic E-state index is 2.67. The van der Waals surface area contributed by atoms with Crippen molar-refractivity contribution in [1.82, 2.24) is 0 Å². The van der Waals surface area contributed by atoms with E-state index in [9.17, 15) is 0 Å². The first-order valence-electron chi connectivity index (χ1n) is 19.2. The van der Waals surface area contributed by atoms with Crippen molar-refractivity contribution < 1.29 is 0 Å². The molecule has 2 bridgehead atoms. The van der Waals surface area contributed by atoms with Crippen LogP contribution in [0.4, 0.5) is 22.7 Å². The molecule has 0 amide bonds. The van der Waals surface area contributed by atoms with Crippen LogP contribution < -0.4 is 9.80 Å². The summed E-state index contributed by atoms with van der Waals surface area (Å²) in [6.07, 6.45) is 4.96. The van der Waals surface area contributed by atoms with Gasteiger partial charge >= 0.3 is 0 Å². The Balaban J connectivity index is 1.34. The summed E-state index contributed by atoms with van der Waals surface area (Å²) in [5.41, 5.74) is 14.8. The van der Waals surface area contributed by atoms with E-state index >= 15 is 0 Å². The molecule has 7 aromatic rings. The van der Waals surface area contributed by atoms with E-state index in [1.54, 1.807) is 0 Å². The first kappa shape index (κ1) is 31.8. The van der Waals surface area contributed by atoms with Gasteiger partial charge in [-0.2, -0.15) is 0 Å². The van der Waals surface area contributed by atoms with Crippen molar-refractivity contribution in [2.24, 2.45) is 0 Å². The third-order valence-electron chi connectivity index (χ3n) is 12.8. The van der Waals surface area contributed by atoms with E-state index in [0.29, 0.717) is 0 Å². The van der Waals surface area contributed by atoms with E-state index in [4.69, 9.17) is 0 Å². The zero-order valence-corrected chi connectivity index (χ0v) is 30.5. The average Bonchev–Trinajstić information content (AvgIpc) is 3.54. The summed E-state index contributed by atoms with van der Waals surface area (Å²) in [5, 5.41) is 0. The lowest BCUT2D eigenvalue weighted by Gasteiger charge is -2.52. The van der Waals surface area contributed by atoms with E-state index in [1.807, 2.05) is 0 Å². The minimum Gasteiger partial charge on any atom is -0.308 e. The van der Waals surface area contributed by atoms with Gasteiger partial charge in [-0.15, -0.1) is 0 Å². The van der Waals surface area contributed by atoms with Crippen LogP contribution in [0, 0.1) is 0 Å². The summed E-state index contributed by atoms with van der Waals surface area (Å²) < 4.78 is 0. The number of hydrogen-bond acceptors (Lipinski definition) is 2. The van der Waals surface area contributed by atoms with Gasteiger partial charge in [0.1, 0.15) is 0 Å². The second kappa shape index (κ2) is 12.1. The average molecular weight is 685 g/mol. The molecule has 1 aliphatic heterocycles. The molecule has 7 aromatic carbocycles. The van der Waals surface area contributed by atoms with E-state index in [2.05, 4.69) is 206 Å². The van der Waals surface area contributed by atoms with Crippen LogP contribution in [-0.2, 0) is 16.5 Å². The number of benzene rings is 7. The van der Waals surface area contributed by atoms with E-state index in [0.717, 1.165) is 0 Å². The predicted octanol–water partition coefficient (Wildman–Crippen LogP) is 13.3. The monoisotopic (exact) mass is 684 g/mol. The SMILES string of the molecule is CC12CCC(C)(CC1)c1cc3c(cc12)N(c1cccc(-c2ccccc2)c1)C(c1ccccc1)(c1ccccc1)N3c1cccc(-c2ccccc2)c1. The van der Waals surface area contributed by atoms with Crippen LogP contribution in [0.15, 0.2) is 182 Å². The Hall–Kier alpha value is -5.86. The standard InChI is InChI=1S/C51H44N2/c1-49-29-31-50(2,32-30-49)46-36-48-47(35-45(46)49)52(43-27-15-21-39(33-43)37-17-7-3-8-18-37)51(41-23-11-5-12-24-41,42-25-13-6-14-26-42)53(48)44-28-16-22-40(34-44)38-19-9-4-10-20-38/h3-28,33-36H,29-32H2,1-2H3. The zero-order valence-electron chi connectivity index (χ0n) is 30.5. The molecule has 2 nitrogen and oxygen atoms in total. The molecular weight excluding hydrogens is 641 g/mol. The Labute approximate surface area is 314 Å². The molecule has 0 radical (unpaired) electrons. The van der Waals surface area contributed by atoms with Crippen LogP contribution in [0.25, 0.3) is 22.3 Å². The van der Waals surface area contributed by atoms with E-state index in [1.165, 1.54) is 92.9 Å². The Morgan fingerprint density at radius 3 is 1.08 bits per heavy atom. The predicted molar refractivity (Wildman–Crippen MR) is 221 cm³/mol. The van der Waals surface area contributed by atoms with Gasteiger partial charge in [0.05, 0.1) is 11.4 Å². The minimum atomic E-state index is -0.750. The van der Waals surface area contributed by atoms with Gasteiger partial charge in [-0.3, -0.25) is 0 Å². The summed E-state index contributed by atoms with van der Waals surface area (Å²) in [4.78, 5) is 5.34. The van der Waals surface area contributed by atoms with Crippen LogP contribution in [-0.4, -0.2) is 0 Å². The van der Waals surface area contributed by atoms with Gasteiger partial charge in [0, 0.05) is 22.5 Å². The summed E-state index contributed by atoms with van der Waals surface area (Å²) in [6.45, 7) is 5.05. The largest absolute Gasteiger partial charge is 0.308 e. The highest BCUT2D eigenvalue weighted by Gasteiger charge is 2.56. The smallest absolute Gasteiger partial charge is 0.175 e. The molecule has 2 heteroatoms. The molecule has 0 N–H and O–H groups in total. The molecule has 0 spiro atoms. The van der Waals surface area contributed by atoms with Gasteiger partial charge in [-0.25, -0.2) is 0 Å². The lowest BCUT2D eigenvalue weighted by atomic mass is 9.52. The zero-order chi connectivity index (χ0) is 35.6. The van der Waals surface area contributed by atoms with Crippen LogP contribution in [0.1, 0.15) is 61.8 Å². The van der Waals surface area contributed by atoms with Crippen LogP contribution >= 0.6 is 0 Å². The first-order chi connectivity index (χ1) is 26.0. The highest BCUT2D eigenvalue weighted by Crippen LogP contribution is 2.64. The van der Waals surface area contributed by atoms with Gasteiger partial charge in [0.25, 0.3) is 0 Å². The molecule has 1 heterocycles. The summed E-state index contributed by atoms with van der Waals surface area (Å²) >= 11 is 0. The molecule has 1 saturated carbocycles. The molecule has 0 unspecified atom stereocenters. The van der Waals surface area contributed by atoms with Crippen LogP contribution in [0.5, 0.6) is 0 Å². The summed E-state index contributed by atoms with van der Waals surface area (Å²) in [6, 6.07) is 67.6. The quantitative estimate of drug-likeness (QED) is 0.172. The van der Waals surface area contributed by atoms with Crippen molar-refractivity contribution in [3.8, 4) is 22.3 Å². The van der Waals surface area contributed by atoms with Crippen molar-refractivity contribution in [1.29, 1.82) is 0 Å². The fourth-order valence-corrected chi connectivity index (χ4v) is 9.86. The van der Waals surface area contributed by atoms with E-state index < -0.39 is 5.66 Å². The van der Waals surface area contributed by atoms with Crippen molar-refractivity contribution in [3.63, 3.8) is 0 Å². The van der Waals surface area contributed by atoms with Crippen molar-refractivity contribution in [2.75, 3.05) is 9.80 Å². The lowest BCUT2D eigenvalue weighted by Crippen LogP contribution is -2.51. The molecule has 11 rings (SSSR count). The Morgan fingerprint density at radius 2 is 0.698 bits per heavy atom. The first-order valence-corrected chi connectivity index (χ1v) is 19.2. The van der Waals surface area contributed by atoms with Gasteiger partial charge in [-0.05, 0) is 106 Å². The molecular formula is C51H44N2. The fraction of sp³-hybridized carbons (Fsp3) is 0.176. The lowest BCUT2D eigenvalue weighted by molar-refractivity contribution is 0.188. The molecule has 0 atom stereocenters. The third kappa shape index (κ3) is 4.85. The highest BCUT2D eigenvalue weighted by atomic mass is 15.5. The normalized spacial score (nSPS) is 20.9. The number of fused-ring (bicyclic) bond motifs is 3.